The molecule has 0 amide bonds. The molecular formula is C11H15IN2O3. The standard InChI is InChI=1S/C11H15IN2O3/c1-11(2,3)17-10(15)7-8(13)6(12)5-14-9(7)16-4/h5H,1-4H3,(H2,13,14). The first-order chi connectivity index (χ1) is 7.76. The quantitative estimate of drug-likeness (QED) is 0.654. The van der Waals surface area contributed by atoms with Crippen molar-refractivity contribution < 1.29 is 14.3 Å². The summed E-state index contributed by atoms with van der Waals surface area (Å²) >= 11 is 2.00. The molecular weight excluding hydrogens is 335 g/mol. The number of aromatic nitrogens is 1. The number of carbonyl (C=O) groups is 1. The van der Waals surface area contributed by atoms with E-state index in [1.807, 2.05) is 22.6 Å². The van der Waals surface area contributed by atoms with Crippen molar-refractivity contribution in [3.63, 3.8) is 0 Å². The van der Waals surface area contributed by atoms with Crippen molar-refractivity contribution in [2.75, 3.05) is 12.8 Å². The van der Waals surface area contributed by atoms with E-state index in [9.17, 15) is 4.79 Å². The highest BCUT2D eigenvalue weighted by Crippen LogP contribution is 2.28. The molecule has 0 radical (unpaired) electrons. The first-order valence-electron chi connectivity index (χ1n) is 4.97. The first-order valence-corrected chi connectivity index (χ1v) is 6.05. The predicted molar refractivity (Wildman–Crippen MR) is 73.1 cm³/mol. The number of rotatable bonds is 2. The number of methoxy groups -OCH3 is 1. The van der Waals surface area contributed by atoms with Gasteiger partial charge in [0.1, 0.15) is 11.2 Å². The van der Waals surface area contributed by atoms with Crippen molar-refractivity contribution in [2.45, 2.75) is 26.4 Å². The molecule has 5 nitrogen and oxygen atoms in total. The maximum absolute atomic E-state index is 12.0. The number of halogens is 1. The van der Waals surface area contributed by atoms with Crippen molar-refractivity contribution in [3.05, 3.63) is 15.3 Å². The molecule has 0 aliphatic rings. The van der Waals surface area contributed by atoms with Crippen LogP contribution in [0.3, 0.4) is 0 Å². The highest BCUT2D eigenvalue weighted by Gasteiger charge is 2.25. The average Bonchev–Trinajstić information content (AvgIpc) is 2.19. The molecule has 1 rings (SSSR count). The van der Waals surface area contributed by atoms with Gasteiger partial charge >= 0.3 is 5.97 Å². The van der Waals surface area contributed by atoms with Crippen LogP contribution >= 0.6 is 22.6 Å². The number of ether oxygens (including phenoxy) is 2. The van der Waals surface area contributed by atoms with Gasteiger partial charge in [0.05, 0.1) is 16.4 Å². The van der Waals surface area contributed by atoms with Gasteiger partial charge in [0, 0.05) is 6.20 Å². The van der Waals surface area contributed by atoms with E-state index in [1.54, 1.807) is 27.0 Å². The zero-order valence-corrected chi connectivity index (χ0v) is 12.4. The molecule has 17 heavy (non-hydrogen) atoms. The lowest BCUT2D eigenvalue weighted by molar-refractivity contribution is 0.00670. The summed E-state index contributed by atoms with van der Waals surface area (Å²) in [7, 11) is 1.43. The first kappa shape index (κ1) is 14.0. The van der Waals surface area contributed by atoms with Crippen LogP contribution in [-0.2, 0) is 4.74 Å². The smallest absolute Gasteiger partial charge is 0.346 e. The molecule has 0 atom stereocenters. The molecule has 1 aromatic heterocycles. The predicted octanol–water partition coefficient (Wildman–Crippen LogP) is 2.23. The van der Waals surface area contributed by atoms with Crippen molar-refractivity contribution in [1.29, 1.82) is 0 Å². The molecule has 2 N–H and O–H groups in total. The molecule has 1 heterocycles. The minimum atomic E-state index is -0.587. The number of nitrogen functional groups attached to an aromatic ring is 1. The Morgan fingerprint density at radius 3 is 2.53 bits per heavy atom. The lowest BCUT2D eigenvalue weighted by Crippen LogP contribution is -2.25. The largest absolute Gasteiger partial charge is 0.480 e. The van der Waals surface area contributed by atoms with Crippen LogP contribution < -0.4 is 10.5 Å². The summed E-state index contributed by atoms with van der Waals surface area (Å²) in [5.41, 5.74) is 5.76. The Bertz CT molecular complexity index is 441. The number of pyridine rings is 1. The maximum Gasteiger partial charge on any atom is 0.346 e. The second kappa shape index (κ2) is 5.07. The summed E-state index contributed by atoms with van der Waals surface area (Å²) in [4.78, 5) is 16.0. The van der Waals surface area contributed by atoms with Crippen LogP contribution in [-0.4, -0.2) is 23.7 Å². The minimum Gasteiger partial charge on any atom is -0.480 e. The molecule has 0 fully saturated rings. The van der Waals surface area contributed by atoms with Crippen LogP contribution in [0, 0.1) is 3.57 Å². The number of nitrogens with zero attached hydrogens (tertiary/aromatic N) is 1. The third kappa shape index (κ3) is 3.45. The summed E-state index contributed by atoms with van der Waals surface area (Å²) in [6.07, 6.45) is 1.54. The van der Waals surface area contributed by atoms with Gasteiger partial charge in [0.2, 0.25) is 5.88 Å². The van der Waals surface area contributed by atoms with Gasteiger partial charge in [-0.2, -0.15) is 0 Å². The van der Waals surface area contributed by atoms with Crippen molar-refractivity contribution >= 4 is 34.2 Å². The van der Waals surface area contributed by atoms with Gasteiger partial charge in [-0.25, -0.2) is 9.78 Å². The number of esters is 1. The average molecular weight is 350 g/mol. The van der Waals surface area contributed by atoms with Gasteiger partial charge in [-0.15, -0.1) is 0 Å². The van der Waals surface area contributed by atoms with Gasteiger partial charge in [-0.05, 0) is 43.4 Å². The van der Waals surface area contributed by atoms with Gasteiger partial charge in [0.15, 0.2) is 0 Å². The summed E-state index contributed by atoms with van der Waals surface area (Å²) in [5, 5.41) is 0. The monoisotopic (exact) mass is 350 g/mol. The third-order valence-electron chi connectivity index (χ3n) is 1.83. The van der Waals surface area contributed by atoms with Crippen LogP contribution in [0.2, 0.25) is 0 Å². The molecule has 94 valence electrons. The fourth-order valence-electron chi connectivity index (χ4n) is 1.17. The fraction of sp³-hybridized carbons (Fsp3) is 0.455. The van der Waals surface area contributed by atoms with Gasteiger partial charge < -0.3 is 15.2 Å². The van der Waals surface area contributed by atoms with E-state index in [0.717, 1.165) is 0 Å². The van der Waals surface area contributed by atoms with E-state index in [1.165, 1.54) is 7.11 Å². The van der Waals surface area contributed by atoms with Gasteiger partial charge in [-0.3, -0.25) is 0 Å². The molecule has 0 aliphatic carbocycles. The van der Waals surface area contributed by atoms with Crippen molar-refractivity contribution in [1.82, 2.24) is 4.98 Å². The Kier molecular flexibility index (Phi) is 4.18. The highest BCUT2D eigenvalue weighted by molar-refractivity contribution is 14.1. The highest BCUT2D eigenvalue weighted by atomic mass is 127. The molecule has 0 saturated heterocycles. The zero-order valence-electron chi connectivity index (χ0n) is 10.2. The number of hydrogen-bond acceptors (Lipinski definition) is 5. The Morgan fingerprint density at radius 2 is 2.06 bits per heavy atom. The second-order valence-corrected chi connectivity index (χ2v) is 5.57. The Labute approximate surface area is 114 Å². The summed E-state index contributed by atoms with van der Waals surface area (Å²) < 4.78 is 11.0. The summed E-state index contributed by atoms with van der Waals surface area (Å²) in [6.45, 7) is 5.36. The molecule has 0 saturated carbocycles. The SMILES string of the molecule is COc1ncc(I)c(N)c1C(=O)OC(C)(C)C. The zero-order chi connectivity index (χ0) is 13.2. The van der Waals surface area contributed by atoms with E-state index in [2.05, 4.69) is 4.98 Å². The van der Waals surface area contributed by atoms with Crippen molar-refractivity contribution in [3.8, 4) is 5.88 Å². The second-order valence-electron chi connectivity index (χ2n) is 4.41. The van der Waals surface area contributed by atoms with E-state index in [4.69, 9.17) is 15.2 Å². The normalized spacial score (nSPS) is 11.1. The van der Waals surface area contributed by atoms with E-state index >= 15 is 0 Å². The number of carbonyl (C=O) groups excluding carboxylic acids is 1. The van der Waals surface area contributed by atoms with Crippen LogP contribution in [0.4, 0.5) is 5.69 Å². The molecule has 0 unspecified atom stereocenters. The maximum atomic E-state index is 12.0. The topological polar surface area (TPSA) is 74.4 Å². The minimum absolute atomic E-state index is 0.175. The Morgan fingerprint density at radius 1 is 1.47 bits per heavy atom. The van der Waals surface area contributed by atoms with Gasteiger partial charge in [0.25, 0.3) is 0 Å². The number of nitrogens with two attached hydrogens (primary N) is 1. The summed E-state index contributed by atoms with van der Waals surface area (Å²) in [5.74, 6) is -0.352. The van der Waals surface area contributed by atoms with Crippen LogP contribution in [0.1, 0.15) is 31.1 Å². The molecule has 6 heteroatoms. The van der Waals surface area contributed by atoms with Crippen LogP contribution in [0.5, 0.6) is 5.88 Å². The van der Waals surface area contributed by atoms with Crippen molar-refractivity contribution in [2.24, 2.45) is 0 Å². The number of anilines is 1. The molecule has 0 aromatic carbocycles. The van der Waals surface area contributed by atoms with E-state index in [-0.39, 0.29) is 11.4 Å². The third-order valence-corrected chi connectivity index (χ3v) is 2.69. The Hall–Kier alpha value is -1.05. The van der Waals surface area contributed by atoms with Crippen LogP contribution in [0.25, 0.3) is 0 Å². The molecule has 0 spiro atoms. The molecule has 1 aromatic rings. The molecule has 0 aliphatic heterocycles. The number of hydrogen-bond donors (Lipinski definition) is 1. The van der Waals surface area contributed by atoms with E-state index in [0.29, 0.717) is 9.26 Å². The Balaban J connectivity index is 3.20. The van der Waals surface area contributed by atoms with E-state index < -0.39 is 11.6 Å². The lowest BCUT2D eigenvalue weighted by Gasteiger charge is -2.20. The summed E-state index contributed by atoms with van der Waals surface area (Å²) in [6, 6.07) is 0. The van der Waals surface area contributed by atoms with Crippen LogP contribution in [0.15, 0.2) is 6.20 Å². The fourth-order valence-corrected chi connectivity index (χ4v) is 1.57. The van der Waals surface area contributed by atoms with Gasteiger partial charge in [-0.1, -0.05) is 0 Å². The molecule has 0 bridgehead atoms. The lowest BCUT2D eigenvalue weighted by atomic mass is 10.1.